The molecule has 6 nitrogen and oxygen atoms in total. The van der Waals surface area contributed by atoms with E-state index in [4.69, 9.17) is 9.29 Å². The molecule has 0 bridgehead atoms. The van der Waals surface area contributed by atoms with Crippen molar-refractivity contribution in [3.8, 4) is 5.75 Å². The van der Waals surface area contributed by atoms with Crippen LogP contribution in [0.4, 0.5) is 0 Å². The van der Waals surface area contributed by atoms with Gasteiger partial charge in [-0.25, -0.2) is 8.42 Å². The molecule has 0 spiro atoms. The van der Waals surface area contributed by atoms with Crippen LogP contribution in [0.15, 0.2) is 23.1 Å². The van der Waals surface area contributed by atoms with E-state index in [0.29, 0.717) is 11.3 Å². The Labute approximate surface area is 108 Å². The monoisotopic (exact) mass is 294 g/mol. The van der Waals surface area contributed by atoms with E-state index in [1.165, 1.54) is 19.2 Å². The van der Waals surface area contributed by atoms with E-state index in [2.05, 4.69) is 4.18 Å². The van der Waals surface area contributed by atoms with Gasteiger partial charge in [0.2, 0.25) is 0 Å². The smallest absolute Gasteiger partial charge is 0.301 e. The Morgan fingerprint density at radius 2 is 2.06 bits per heavy atom. The van der Waals surface area contributed by atoms with E-state index in [0.717, 1.165) is 0 Å². The zero-order valence-corrected chi connectivity index (χ0v) is 11.6. The van der Waals surface area contributed by atoms with Crippen LogP contribution in [0, 0.1) is 6.92 Å². The highest BCUT2D eigenvalue weighted by Gasteiger charge is 2.16. The summed E-state index contributed by atoms with van der Waals surface area (Å²) in [4.78, 5) is 0.133. The van der Waals surface area contributed by atoms with E-state index < -0.39 is 21.2 Å². The molecule has 0 heterocycles. The highest BCUT2D eigenvalue weighted by Crippen LogP contribution is 2.22. The Morgan fingerprint density at radius 3 is 2.56 bits per heavy atom. The van der Waals surface area contributed by atoms with Crippen LogP contribution in [-0.4, -0.2) is 36.6 Å². The summed E-state index contributed by atoms with van der Waals surface area (Å²) in [5.74, 6) is 0.243. The highest BCUT2D eigenvalue weighted by molar-refractivity contribution is 7.91. The molecule has 1 rings (SSSR count). The van der Waals surface area contributed by atoms with Gasteiger partial charge >= 0.3 is 11.4 Å². The van der Waals surface area contributed by atoms with Crippen molar-refractivity contribution in [3.63, 3.8) is 0 Å². The van der Waals surface area contributed by atoms with E-state index in [1.54, 1.807) is 13.0 Å². The molecule has 0 aromatic heterocycles. The zero-order chi connectivity index (χ0) is 13.8. The van der Waals surface area contributed by atoms with Gasteiger partial charge in [0.15, 0.2) is 9.84 Å². The Hall–Kier alpha value is -0.960. The molecule has 102 valence electrons. The second-order valence-corrected chi connectivity index (χ2v) is 6.27. The second kappa shape index (κ2) is 6.28. The zero-order valence-electron chi connectivity index (χ0n) is 9.95. The van der Waals surface area contributed by atoms with E-state index in [1.807, 2.05) is 0 Å². The fourth-order valence-corrected chi connectivity index (χ4v) is 2.88. The fraction of sp³-hybridized carbons (Fsp3) is 0.400. The maximum absolute atomic E-state index is 11.9. The summed E-state index contributed by atoms with van der Waals surface area (Å²) in [7, 11) is -2.03. The summed E-state index contributed by atoms with van der Waals surface area (Å²) in [6.07, 6.45) is 0. The number of hydrogen-bond acceptors (Lipinski definition) is 5. The number of sulfone groups is 1. The highest BCUT2D eigenvalue weighted by atomic mass is 32.2. The molecule has 1 atom stereocenters. The molecule has 1 aromatic rings. The first-order valence-corrected chi connectivity index (χ1v) is 7.67. The number of aryl methyl sites for hydroxylation is 1. The molecule has 0 aliphatic carbocycles. The molecule has 1 aromatic carbocycles. The maximum atomic E-state index is 11.9. The standard InChI is InChI=1S/C10H14O6S2/c1-8-7-9(3-4-10(8)15-2)18(13,14)6-5-16-17(11)12/h3-4,7H,5-6H2,1-2H3,(H,11,12). The minimum Gasteiger partial charge on any atom is -0.496 e. The number of rotatable bonds is 6. The predicted molar refractivity (Wildman–Crippen MR) is 66.5 cm³/mol. The fourth-order valence-electron chi connectivity index (χ4n) is 1.38. The summed E-state index contributed by atoms with van der Waals surface area (Å²) in [6.45, 7) is 1.40. The minimum absolute atomic E-state index is 0.133. The van der Waals surface area contributed by atoms with Gasteiger partial charge < -0.3 is 4.74 Å². The summed E-state index contributed by atoms with van der Waals surface area (Å²) in [6, 6.07) is 4.48. The summed E-state index contributed by atoms with van der Waals surface area (Å²) in [5, 5.41) is 0. The first-order chi connectivity index (χ1) is 8.36. The molecule has 1 unspecified atom stereocenters. The third-order valence-corrected chi connectivity index (χ3v) is 4.31. The summed E-state index contributed by atoms with van der Waals surface area (Å²) < 4.78 is 51.7. The third-order valence-electron chi connectivity index (χ3n) is 2.26. The molecular formula is C10H14O6S2. The Bertz CT molecular complexity index is 537. The van der Waals surface area contributed by atoms with Gasteiger partial charge in [-0.2, -0.15) is 4.21 Å². The quantitative estimate of drug-likeness (QED) is 0.785. The van der Waals surface area contributed by atoms with Crippen molar-refractivity contribution < 1.29 is 26.1 Å². The Morgan fingerprint density at radius 1 is 1.39 bits per heavy atom. The lowest BCUT2D eigenvalue weighted by Gasteiger charge is -2.08. The van der Waals surface area contributed by atoms with Gasteiger partial charge in [0, 0.05) is 0 Å². The van der Waals surface area contributed by atoms with Crippen molar-refractivity contribution in [1.29, 1.82) is 0 Å². The van der Waals surface area contributed by atoms with E-state index >= 15 is 0 Å². The van der Waals surface area contributed by atoms with Crippen LogP contribution in [0.5, 0.6) is 5.75 Å². The molecule has 0 saturated carbocycles. The molecule has 0 fully saturated rings. The minimum atomic E-state index is -3.53. The van der Waals surface area contributed by atoms with Crippen molar-refractivity contribution in [2.24, 2.45) is 0 Å². The van der Waals surface area contributed by atoms with Crippen molar-refractivity contribution in [3.05, 3.63) is 23.8 Å². The molecule has 0 amide bonds. The predicted octanol–water partition coefficient (Wildman–Crippen LogP) is 0.931. The van der Waals surface area contributed by atoms with Gasteiger partial charge in [-0.05, 0) is 30.7 Å². The van der Waals surface area contributed by atoms with Crippen molar-refractivity contribution in [2.75, 3.05) is 19.5 Å². The molecular weight excluding hydrogens is 280 g/mol. The Kier molecular flexibility index (Phi) is 5.27. The topological polar surface area (TPSA) is 89.9 Å². The number of benzene rings is 1. The van der Waals surface area contributed by atoms with Gasteiger partial charge in [-0.1, -0.05) is 0 Å². The first kappa shape index (κ1) is 15.1. The molecule has 1 N–H and O–H groups in total. The van der Waals surface area contributed by atoms with Crippen molar-refractivity contribution in [1.82, 2.24) is 0 Å². The van der Waals surface area contributed by atoms with Crippen molar-refractivity contribution >= 4 is 21.2 Å². The lowest BCUT2D eigenvalue weighted by atomic mass is 10.2. The van der Waals surface area contributed by atoms with Gasteiger partial charge in [0.05, 0.1) is 24.4 Å². The van der Waals surface area contributed by atoms with Crippen LogP contribution in [0.25, 0.3) is 0 Å². The van der Waals surface area contributed by atoms with Crippen LogP contribution in [0.1, 0.15) is 5.56 Å². The van der Waals surface area contributed by atoms with E-state index in [9.17, 15) is 12.6 Å². The molecule has 0 saturated heterocycles. The lowest BCUT2D eigenvalue weighted by molar-refractivity contribution is 0.326. The molecule has 18 heavy (non-hydrogen) atoms. The van der Waals surface area contributed by atoms with Gasteiger partial charge in [-0.15, -0.1) is 0 Å². The normalized spacial score (nSPS) is 13.3. The van der Waals surface area contributed by atoms with Crippen LogP contribution in [0.2, 0.25) is 0 Å². The summed E-state index contributed by atoms with van der Waals surface area (Å²) >= 11 is -2.45. The second-order valence-electron chi connectivity index (χ2n) is 3.49. The van der Waals surface area contributed by atoms with Gasteiger partial charge in [0.25, 0.3) is 0 Å². The average molecular weight is 294 g/mol. The number of ether oxygens (including phenoxy) is 1. The maximum Gasteiger partial charge on any atom is 0.301 e. The average Bonchev–Trinajstić information content (AvgIpc) is 2.28. The van der Waals surface area contributed by atoms with Crippen LogP contribution in [0.3, 0.4) is 0 Å². The SMILES string of the molecule is COc1ccc(S(=O)(=O)CCOS(=O)O)cc1C. The lowest BCUT2D eigenvalue weighted by Crippen LogP contribution is -2.13. The number of methoxy groups -OCH3 is 1. The van der Waals surface area contributed by atoms with Gasteiger partial charge in [-0.3, -0.25) is 8.74 Å². The molecule has 0 radical (unpaired) electrons. The largest absolute Gasteiger partial charge is 0.496 e. The van der Waals surface area contributed by atoms with Crippen LogP contribution < -0.4 is 4.74 Å². The molecule has 0 aliphatic rings. The van der Waals surface area contributed by atoms with E-state index in [-0.39, 0.29) is 17.3 Å². The Balaban J connectivity index is 2.85. The van der Waals surface area contributed by atoms with Gasteiger partial charge in [0.1, 0.15) is 5.75 Å². The number of hydrogen-bond donors (Lipinski definition) is 1. The summed E-state index contributed by atoms with van der Waals surface area (Å²) in [5.41, 5.74) is 0.699. The van der Waals surface area contributed by atoms with Crippen LogP contribution in [-0.2, 0) is 25.4 Å². The molecule has 8 heteroatoms. The first-order valence-electron chi connectivity index (χ1n) is 4.98. The van der Waals surface area contributed by atoms with Crippen LogP contribution >= 0.6 is 0 Å². The third kappa shape index (κ3) is 4.05. The van der Waals surface area contributed by atoms with Crippen molar-refractivity contribution in [2.45, 2.75) is 11.8 Å². The molecule has 0 aliphatic heterocycles.